The predicted molar refractivity (Wildman–Crippen MR) is 78.8 cm³/mol. The minimum Gasteiger partial charge on any atom is -0.323 e. The second kappa shape index (κ2) is 5.25. The highest BCUT2D eigenvalue weighted by Crippen LogP contribution is 2.39. The Hall–Kier alpha value is -0.870. The SMILES string of the molecule is CC(C)CS(=O)(=O)C1CC(C)c2ccccc2C1N. The quantitative estimate of drug-likeness (QED) is 0.926. The van der Waals surface area contributed by atoms with Crippen molar-refractivity contribution < 1.29 is 8.42 Å². The van der Waals surface area contributed by atoms with E-state index in [2.05, 4.69) is 13.0 Å². The molecule has 2 N–H and O–H groups in total. The summed E-state index contributed by atoms with van der Waals surface area (Å²) < 4.78 is 25.0. The third-order valence-corrected chi connectivity index (χ3v) is 6.44. The Balaban J connectivity index is 2.37. The van der Waals surface area contributed by atoms with Gasteiger partial charge in [-0.15, -0.1) is 0 Å². The molecule has 0 fully saturated rings. The van der Waals surface area contributed by atoms with Crippen molar-refractivity contribution in [1.82, 2.24) is 0 Å². The van der Waals surface area contributed by atoms with Gasteiger partial charge in [-0.2, -0.15) is 0 Å². The number of hydrogen-bond acceptors (Lipinski definition) is 3. The van der Waals surface area contributed by atoms with Crippen molar-refractivity contribution in [2.75, 3.05) is 5.75 Å². The van der Waals surface area contributed by atoms with Crippen LogP contribution in [0.3, 0.4) is 0 Å². The normalized spacial score (nSPS) is 27.3. The predicted octanol–water partition coefficient (Wildman–Crippen LogP) is 2.63. The molecule has 1 aliphatic rings. The summed E-state index contributed by atoms with van der Waals surface area (Å²) in [5, 5.41) is -0.445. The molecule has 1 aromatic carbocycles. The van der Waals surface area contributed by atoms with Gasteiger partial charge in [0.25, 0.3) is 0 Å². The average molecular weight is 281 g/mol. The van der Waals surface area contributed by atoms with Crippen LogP contribution in [-0.4, -0.2) is 19.4 Å². The molecule has 0 saturated carbocycles. The summed E-state index contributed by atoms with van der Waals surface area (Å²) in [5.41, 5.74) is 8.43. The lowest BCUT2D eigenvalue weighted by Gasteiger charge is -2.34. The average Bonchev–Trinajstić information content (AvgIpc) is 2.32. The molecule has 3 atom stereocenters. The Kier molecular flexibility index (Phi) is 4.02. The van der Waals surface area contributed by atoms with Crippen molar-refractivity contribution >= 4 is 9.84 Å². The van der Waals surface area contributed by atoms with E-state index < -0.39 is 21.1 Å². The minimum absolute atomic E-state index is 0.143. The maximum Gasteiger partial charge on any atom is 0.155 e. The van der Waals surface area contributed by atoms with Gasteiger partial charge < -0.3 is 5.73 Å². The fourth-order valence-electron chi connectivity index (χ4n) is 3.04. The number of nitrogens with two attached hydrogens (primary N) is 1. The van der Waals surface area contributed by atoms with E-state index in [1.54, 1.807) is 0 Å². The lowest BCUT2D eigenvalue weighted by Crippen LogP contribution is -2.40. The van der Waals surface area contributed by atoms with E-state index in [1.165, 1.54) is 5.56 Å². The molecule has 3 nitrogen and oxygen atoms in total. The second-order valence-corrected chi connectivity index (χ2v) is 8.32. The highest BCUT2D eigenvalue weighted by Gasteiger charge is 2.38. The van der Waals surface area contributed by atoms with E-state index in [9.17, 15) is 8.42 Å². The highest BCUT2D eigenvalue weighted by atomic mass is 32.2. The van der Waals surface area contributed by atoms with Gasteiger partial charge in [-0.1, -0.05) is 45.0 Å². The summed E-state index contributed by atoms with van der Waals surface area (Å²) in [5.74, 6) is 0.618. The third kappa shape index (κ3) is 2.84. The van der Waals surface area contributed by atoms with Crippen molar-refractivity contribution in [1.29, 1.82) is 0 Å². The molecule has 0 aromatic heterocycles. The fourth-order valence-corrected chi connectivity index (χ4v) is 5.40. The molecule has 4 heteroatoms. The minimum atomic E-state index is -3.13. The summed E-state index contributed by atoms with van der Waals surface area (Å²) in [4.78, 5) is 0. The molecule has 0 bridgehead atoms. The van der Waals surface area contributed by atoms with Crippen LogP contribution in [0.5, 0.6) is 0 Å². The standard InChI is InChI=1S/C15H23NO2S/c1-10(2)9-19(17,18)14-8-11(3)12-6-4-5-7-13(12)15(14)16/h4-7,10-11,14-15H,8-9,16H2,1-3H3. The molecule has 3 unspecified atom stereocenters. The van der Waals surface area contributed by atoms with Crippen LogP contribution in [0.1, 0.15) is 50.3 Å². The van der Waals surface area contributed by atoms with Crippen molar-refractivity contribution in [2.45, 2.75) is 44.4 Å². The Labute approximate surface area is 116 Å². The summed E-state index contributed by atoms with van der Waals surface area (Å²) in [7, 11) is -3.13. The van der Waals surface area contributed by atoms with E-state index in [1.807, 2.05) is 32.0 Å². The zero-order valence-corrected chi connectivity index (χ0v) is 12.7. The van der Waals surface area contributed by atoms with Gasteiger partial charge in [-0.25, -0.2) is 8.42 Å². The van der Waals surface area contributed by atoms with E-state index in [-0.39, 0.29) is 17.6 Å². The van der Waals surface area contributed by atoms with Gasteiger partial charge in [0.05, 0.1) is 11.0 Å². The first-order chi connectivity index (χ1) is 8.83. The Morgan fingerprint density at radius 2 is 1.84 bits per heavy atom. The van der Waals surface area contributed by atoms with Gasteiger partial charge in [0.1, 0.15) is 0 Å². The molecular formula is C15H23NO2S. The van der Waals surface area contributed by atoms with Crippen molar-refractivity contribution in [3.05, 3.63) is 35.4 Å². The summed E-state index contributed by atoms with van der Waals surface area (Å²) in [6.45, 7) is 5.95. The first kappa shape index (κ1) is 14.5. The van der Waals surface area contributed by atoms with Crippen LogP contribution in [-0.2, 0) is 9.84 Å². The van der Waals surface area contributed by atoms with Crippen LogP contribution in [0.25, 0.3) is 0 Å². The molecule has 0 spiro atoms. The third-order valence-electron chi connectivity index (χ3n) is 3.90. The van der Waals surface area contributed by atoms with Crippen LogP contribution in [0, 0.1) is 5.92 Å². The molecule has 2 rings (SSSR count). The lowest BCUT2D eigenvalue weighted by atomic mass is 9.81. The van der Waals surface area contributed by atoms with E-state index in [0.717, 1.165) is 5.56 Å². The topological polar surface area (TPSA) is 60.2 Å². The molecule has 1 aromatic rings. The molecule has 0 saturated heterocycles. The first-order valence-corrected chi connectivity index (χ1v) is 8.60. The summed E-state index contributed by atoms with van der Waals surface area (Å²) in [6.07, 6.45) is 0.632. The van der Waals surface area contributed by atoms with Crippen LogP contribution >= 0.6 is 0 Å². The number of benzene rings is 1. The summed E-state index contributed by atoms with van der Waals surface area (Å²) in [6, 6.07) is 7.56. The second-order valence-electron chi connectivity index (χ2n) is 6.05. The monoisotopic (exact) mass is 281 g/mol. The Morgan fingerprint density at radius 1 is 1.26 bits per heavy atom. The first-order valence-electron chi connectivity index (χ1n) is 6.89. The molecule has 0 amide bonds. The largest absolute Gasteiger partial charge is 0.323 e. The summed E-state index contributed by atoms with van der Waals surface area (Å²) >= 11 is 0. The van der Waals surface area contributed by atoms with Crippen LogP contribution < -0.4 is 5.73 Å². The zero-order valence-electron chi connectivity index (χ0n) is 11.8. The van der Waals surface area contributed by atoms with Crippen molar-refractivity contribution in [3.8, 4) is 0 Å². The van der Waals surface area contributed by atoms with Gasteiger partial charge in [-0.3, -0.25) is 0 Å². The number of hydrogen-bond donors (Lipinski definition) is 1. The molecule has 19 heavy (non-hydrogen) atoms. The van der Waals surface area contributed by atoms with Crippen molar-refractivity contribution in [3.63, 3.8) is 0 Å². The highest BCUT2D eigenvalue weighted by molar-refractivity contribution is 7.92. The Bertz CT molecular complexity index is 551. The van der Waals surface area contributed by atoms with Gasteiger partial charge in [0, 0.05) is 6.04 Å². The van der Waals surface area contributed by atoms with Gasteiger partial charge in [0.15, 0.2) is 9.84 Å². The maximum absolute atomic E-state index is 12.5. The van der Waals surface area contributed by atoms with E-state index in [4.69, 9.17) is 5.73 Å². The fraction of sp³-hybridized carbons (Fsp3) is 0.600. The molecule has 106 valence electrons. The maximum atomic E-state index is 12.5. The molecular weight excluding hydrogens is 258 g/mol. The van der Waals surface area contributed by atoms with Gasteiger partial charge in [0.2, 0.25) is 0 Å². The number of fused-ring (bicyclic) bond motifs is 1. The van der Waals surface area contributed by atoms with Crippen LogP contribution in [0.4, 0.5) is 0 Å². The van der Waals surface area contributed by atoms with Gasteiger partial charge >= 0.3 is 0 Å². The smallest absolute Gasteiger partial charge is 0.155 e. The number of rotatable bonds is 3. The zero-order chi connectivity index (χ0) is 14.2. The number of sulfone groups is 1. The molecule has 1 aliphatic carbocycles. The van der Waals surface area contributed by atoms with Crippen LogP contribution in [0.2, 0.25) is 0 Å². The van der Waals surface area contributed by atoms with Crippen LogP contribution in [0.15, 0.2) is 24.3 Å². The van der Waals surface area contributed by atoms with Crippen molar-refractivity contribution in [2.24, 2.45) is 11.7 Å². The van der Waals surface area contributed by atoms with E-state index >= 15 is 0 Å². The van der Waals surface area contributed by atoms with Gasteiger partial charge in [-0.05, 0) is 29.4 Å². The Morgan fingerprint density at radius 3 is 2.42 bits per heavy atom. The molecule has 0 radical (unpaired) electrons. The molecule has 0 aliphatic heterocycles. The molecule has 0 heterocycles. The van der Waals surface area contributed by atoms with E-state index in [0.29, 0.717) is 6.42 Å². The lowest BCUT2D eigenvalue weighted by molar-refractivity contribution is 0.483.